The number of carbonyl (C=O) groups is 2. The number of anilines is 1. The maximum Gasteiger partial charge on any atom is 0.237 e. The number of benzene rings is 2. The topological polar surface area (TPSA) is 58.6 Å². The number of ether oxygens (including phenoxy) is 1. The summed E-state index contributed by atoms with van der Waals surface area (Å²) in [7, 11) is 1.60. The first-order valence-electron chi connectivity index (χ1n) is 8.55. The number of hydrogen-bond acceptors (Lipinski definition) is 3. The van der Waals surface area contributed by atoms with Crippen molar-refractivity contribution in [3.8, 4) is 5.75 Å². The van der Waals surface area contributed by atoms with Gasteiger partial charge in [0, 0.05) is 23.8 Å². The van der Waals surface area contributed by atoms with Crippen LogP contribution >= 0.6 is 11.6 Å². The highest BCUT2D eigenvalue weighted by molar-refractivity contribution is 6.31. The van der Waals surface area contributed by atoms with Gasteiger partial charge in [0.05, 0.1) is 18.9 Å². The summed E-state index contributed by atoms with van der Waals surface area (Å²) in [6, 6.07) is 12.9. The van der Waals surface area contributed by atoms with Crippen molar-refractivity contribution in [3.63, 3.8) is 0 Å². The SMILES string of the molecule is COc1ccc2c(c1)[C@]1(CCN(C(=O)Cc3ccccc3Cl)C1)C(=O)N2. The molecule has 2 aromatic rings. The molecule has 0 unspecified atom stereocenters. The van der Waals surface area contributed by atoms with Gasteiger partial charge in [0.25, 0.3) is 0 Å². The average molecular weight is 371 g/mol. The molecule has 2 aromatic carbocycles. The number of hydrogen-bond donors (Lipinski definition) is 1. The lowest BCUT2D eigenvalue weighted by atomic mass is 9.81. The van der Waals surface area contributed by atoms with Crippen LogP contribution in [0.5, 0.6) is 5.75 Å². The molecule has 2 aliphatic rings. The second kappa shape index (κ2) is 6.32. The number of likely N-dealkylation sites (tertiary alicyclic amines) is 1. The van der Waals surface area contributed by atoms with E-state index in [1.54, 1.807) is 18.1 Å². The van der Waals surface area contributed by atoms with Crippen LogP contribution in [0.4, 0.5) is 5.69 Å². The van der Waals surface area contributed by atoms with Crippen molar-refractivity contribution in [1.29, 1.82) is 0 Å². The molecule has 0 aromatic heterocycles. The summed E-state index contributed by atoms with van der Waals surface area (Å²) in [4.78, 5) is 27.2. The molecule has 1 spiro atoms. The van der Waals surface area contributed by atoms with Crippen LogP contribution in [0.15, 0.2) is 42.5 Å². The molecule has 0 aliphatic carbocycles. The normalized spacial score (nSPS) is 21.0. The predicted octanol–water partition coefficient (Wildman–Crippen LogP) is 3.01. The molecular weight excluding hydrogens is 352 g/mol. The van der Waals surface area contributed by atoms with Crippen LogP contribution in [0.1, 0.15) is 17.5 Å². The minimum absolute atomic E-state index is 0.0147. The van der Waals surface area contributed by atoms with Gasteiger partial charge in [0.2, 0.25) is 11.8 Å². The summed E-state index contributed by atoms with van der Waals surface area (Å²) in [6.45, 7) is 0.926. The summed E-state index contributed by atoms with van der Waals surface area (Å²) in [5.41, 5.74) is 1.82. The van der Waals surface area contributed by atoms with E-state index in [1.165, 1.54) is 0 Å². The third-order valence-corrected chi connectivity index (χ3v) is 5.72. The Morgan fingerprint density at radius 2 is 2.12 bits per heavy atom. The first-order chi connectivity index (χ1) is 12.5. The fourth-order valence-corrected chi connectivity index (χ4v) is 4.07. The van der Waals surface area contributed by atoms with Crippen molar-refractivity contribution in [2.75, 3.05) is 25.5 Å². The molecule has 26 heavy (non-hydrogen) atoms. The molecular formula is C20H19ClN2O3. The fourth-order valence-electron chi connectivity index (χ4n) is 3.86. The van der Waals surface area contributed by atoms with Crippen molar-refractivity contribution in [2.45, 2.75) is 18.3 Å². The van der Waals surface area contributed by atoms with Crippen LogP contribution < -0.4 is 10.1 Å². The van der Waals surface area contributed by atoms with Gasteiger partial charge in [0.1, 0.15) is 5.75 Å². The zero-order valence-corrected chi connectivity index (χ0v) is 15.2. The predicted molar refractivity (Wildman–Crippen MR) is 99.7 cm³/mol. The Balaban J connectivity index is 1.58. The molecule has 2 amide bonds. The van der Waals surface area contributed by atoms with E-state index in [2.05, 4.69) is 5.32 Å². The quantitative estimate of drug-likeness (QED) is 0.903. The van der Waals surface area contributed by atoms with Crippen molar-refractivity contribution < 1.29 is 14.3 Å². The first kappa shape index (κ1) is 16.9. The Hall–Kier alpha value is -2.53. The van der Waals surface area contributed by atoms with E-state index in [0.29, 0.717) is 30.3 Å². The van der Waals surface area contributed by atoms with Gasteiger partial charge in [-0.25, -0.2) is 0 Å². The van der Waals surface area contributed by atoms with Crippen LogP contribution in [0.25, 0.3) is 0 Å². The number of nitrogens with one attached hydrogen (secondary N) is 1. The van der Waals surface area contributed by atoms with Gasteiger partial charge < -0.3 is 15.0 Å². The lowest BCUT2D eigenvalue weighted by Crippen LogP contribution is -2.39. The molecule has 1 fully saturated rings. The van der Waals surface area contributed by atoms with Crippen LogP contribution in [-0.4, -0.2) is 36.9 Å². The molecule has 0 saturated carbocycles. The second-order valence-corrected chi connectivity index (χ2v) is 7.19. The Kier molecular flexibility index (Phi) is 4.11. The number of methoxy groups -OCH3 is 1. The molecule has 6 heteroatoms. The maximum absolute atomic E-state index is 12.8. The Morgan fingerprint density at radius 1 is 1.31 bits per heavy atom. The van der Waals surface area contributed by atoms with Crippen LogP contribution in [0.2, 0.25) is 5.02 Å². The Labute approximate surface area is 156 Å². The van der Waals surface area contributed by atoms with Gasteiger partial charge in [-0.1, -0.05) is 29.8 Å². The highest BCUT2D eigenvalue weighted by Gasteiger charge is 2.52. The summed E-state index contributed by atoms with van der Waals surface area (Å²) >= 11 is 6.17. The first-order valence-corrected chi connectivity index (χ1v) is 8.92. The molecule has 1 N–H and O–H groups in total. The van der Waals surface area contributed by atoms with Crippen LogP contribution in [0, 0.1) is 0 Å². The van der Waals surface area contributed by atoms with Crippen LogP contribution in [0.3, 0.4) is 0 Å². The van der Waals surface area contributed by atoms with E-state index in [-0.39, 0.29) is 18.2 Å². The molecule has 1 saturated heterocycles. The molecule has 0 bridgehead atoms. The van der Waals surface area contributed by atoms with Crippen LogP contribution in [-0.2, 0) is 21.4 Å². The smallest absolute Gasteiger partial charge is 0.237 e. The summed E-state index contributed by atoms with van der Waals surface area (Å²) in [5.74, 6) is 0.647. The highest BCUT2D eigenvalue weighted by atomic mass is 35.5. The molecule has 4 rings (SSSR count). The van der Waals surface area contributed by atoms with E-state index < -0.39 is 5.41 Å². The lowest BCUT2D eigenvalue weighted by molar-refractivity contribution is -0.129. The van der Waals surface area contributed by atoms with Gasteiger partial charge in [-0.15, -0.1) is 0 Å². The van der Waals surface area contributed by atoms with Gasteiger partial charge in [-0.05, 0) is 41.8 Å². The third-order valence-electron chi connectivity index (χ3n) is 5.35. The van der Waals surface area contributed by atoms with E-state index in [0.717, 1.165) is 16.8 Å². The molecule has 134 valence electrons. The van der Waals surface area contributed by atoms with E-state index >= 15 is 0 Å². The fraction of sp³-hybridized carbons (Fsp3) is 0.300. The van der Waals surface area contributed by atoms with Crippen molar-refractivity contribution in [1.82, 2.24) is 4.90 Å². The van der Waals surface area contributed by atoms with Gasteiger partial charge in [-0.2, -0.15) is 0 Å². The average Bonchev–Trinajstić information content (AvgIpc) is 3.20. The van der Waals surface area contributed by atoms with E-state index in [1.807, 2.05) is 36.4 Å². The van der Waals surface area contributed by atoms with Crippen molar-refractivity contribution >= 4 is 29.1 Å². The minimum atomic E-state index is -0.694. The summed E-state index contributed by atoms with van der Waals surface area (Å²) < 4.78 is 5.31. The van der Waals surface area contributed by atoms with Gasteiger partial charge >= 0.3 is 0 Å². The molecule has 2 aliphatic heterocycles. The molecule has 1 atom stereocenters. The van der Waals surface area contributed by atoms with Gasteiger partial charge in [0.15, 0.2) is 0 Å². The maximum atomic E-state index is 12.8. The number of carbonyl (C=O) groups excluding carboxylic acids is 2. The molecule has 0 radical (unpaired) electrons. The molecule has 5 nitrogen and oxygen atoms in total. The number of halogens is 1. The number of nitrogens with zero attached hydrogens (tertiary/aromatic N) is 1. The Bertz CT molecular complexity index is 898. The van der Waals surface area contributed by atoms with E-state index in [9.17, 15) is 9.59 Å². The standard InChI is InChI=1S/C20H19ClN2O3/c1-26-14-6-7-17-15(11-14)20(19(25)22-17)8-9-23(12-20)18(24)10-13-4-2-3-5-16(13)21/h2-7,11H,8-10,12H2,1H3,(H,22,25)/t20-/m1/s1. The number of fused-ring (bicyclic) bond motifs is 2. The third kappa shape index (κ3) is 2.63. The van der Waals surface area contributed by atoms with E-state index in [4.69, 9.17) is 16.3 Å². The zero-order valence-electron chi connectivity index (χ0n) is 14.4. The lowest BCUT2D eigenvalue weighted by Gasteiger charge is -2.23. The highest BCUT2D eigenvalue weighted by Crippen LogP contribution is 2.45. The Morgan fingerprint density at radius 3 is 2.88 bits per heavy atom. The monoisotopic (exact) mass is 370 g/mol. The minimum Gasteiger partial charge on any atom is -0.497 e. The van der Waals surface area contributed by atoms with Crippen molar-refractivity contribution in [2.24, 2.45) is 0 Å². The number of amides is 2. The van der Waals surface area contributed by atoms with Crippen molar-refractivity contribution in [3.05, 3.63) is 58.6 Å². The van der Waals surface area contributed by atoms with Gasteiger partial charge in [-0.3, -0.25) is 9.59 Å². The molecule has 2 heterocycles. The largest absolute Gasteiger partial charge is 0.497 e. The second-order valence-electron chi connectivity index (χ2n) is 6.78. The zero-order chi connectivity index (χ0) is 18.3. The summed E-state index contributed by atoms with van der Waals surface area (Å²) in [6.07, 6.45) is 0.843. The number of rotatable bonds is 3. The summed E-state index contributed by atoms with van der Waals surface area (Å²) in [5, 5.41) is 3.53.